The van der Waals surface area contributed by atoms with Crippen molar-refractivity contribution in [2.75, 3.05) is 6.54 Å². The van der Waals surface area contributed by atoms with Crippen molar-refractivity contribution >= 4 is 0 Å². The van der Waals surface area contributed by atoms with Gasteiger partial charge in [0.25, 0.3) is 0 Å². The topological polar surface area (TPSA) is 12.0 Å². The number of rotatable bonds is 8. The zero-order valence-electron chi connectivity index (χ0n) is 14.0. The number of nitrogens with one attached hydrogen (secondary N) is 1. The minimum absolute atomic E-state index is 0.334. The normalized spacial score (nSPS) is 13.3. The third kappa shape index (κ3) is 8.13. The van der Waals surface area contributed by atoms with E-state index in [0.717, 1.165) is 0 Å². The second kappa shape index (κ2) is 8.19. The molecule has 0 radical (unpaired) electrons. The summed E-state index contributed by atoms with van der Waals surface area (Å²) in [6, 6.07) is 0.584. The van der Waals surface area contributed by atoms with E-state index in [4.69, 9.17) is 0 Å². The maximum Gasteiger partial charge on any atom is 0.0164 e. The van der Waals surface area contributed by atoms with Crippen LogP contribution in [0.4, 0.5) is 0 Å². The van der Waals surface area contributed by atoms with E-state index in [1.165, 1.54) is 45.1 Å². The van der Waals surface area contributed by atoms with Crippen LogP contribution in [0.25, 0.3) is 0 Å². The van der Waals surface area contributed by atoms with E-state index in [2.05, 4.69) is 53.8 Å². The molecule has 0 aliphatic rings. The Morgan fingerprint density at radius 1 is 0.722 bits per heavy atom. The van der Waals surface area contributed by atoms with Crippen molar-refractivity contribution in [3.05, 3.63) is 0 Å². The molecule has 0 saturated heterocycles. The van der Waals surface area contributed by atoms with Crippen LogP contribution in [0.5, 0.6) is 0 Å². The molecule has 0 aliphatic heterocycles. The first-order valence-electron chi connectivity index (χ1n) is 7.93. The minimum atomic E-state index is 0.334. The van der Waals surface area contributed by atoms with Crippen LogP contribution in [0.3, 0.4) is 0 Å². The summed E-state index contributed by atoms with van der Waals surface area (Å²) >= 11 is 0. The van der Waals surface area contributed by atoms with Crippen molar-refractivity contribution in [3.63, 3.8) is 0 Å². The molecule has 0 spiro atoms. The van der Waals surface area contributed by atoms with Gasteiger partial charge in [-0.2, -0.15) is 0 Å². The van der Waals surface area contributed by atoms with Crippen molar-refractivity contribution in [2.24, 2.45) is 10.8 Å². The number of hydrogen-bond donors (Lipinski definition) is 1. The second-order valence-corrected chi connectivity index (χ2v) is 7.89. The molecule has 1 heteroatoms. The van der Waals surface area contributed by atoms with Gasteiger partial charge in [-0.05, 0) is 23.8 Å². The maximum atomic E-state index is 3.79. The average molecular weight is 255 g/mol. The van der Waals surface area contributed by atoms with Gasteiger partial charge in [-0.25, -0.2) is 0 Å². The lowest BCUT2D eigenvalue weighted by Gasteiger charge is -2.41. The highest BCUT2D eigenvalue weighted by molar-refractivity contribution is 4.89. The van der Waals surface area contributed by atoms with Gasteiger partial charge >= 0.3 is 0 Å². The molecule has 0 aromatic heterocycles. The molecule has 0 amide bonds. The first kappa shape index (κ1) is 18.0. The Balaban J connectivity index is 3.86. The summed E-state index contributed by atoms with van der Waals surface area (Å²) in [6.07, 6.45) is 8.28. The summed E-state index contributed by atoms with van der Waals surface area (Å²) in [6.45, 7) is 17.5. The molecule has 0 unspecified atom stereocenters. The lowest BCUT2D eigenvalue weighted by molar-refractivity contribution is 0.140. The van der Waals surface area contributed by atoms with Crippen LogP contribution >= 0.6 is 0 Å². The Bertz CT molecular complexity index is 181. The predicted octanol–water partition coefficient (Wildman–Crippen LogP) is 5.40. The fourth-order valence-electron chi connectivity index (χ4n) is 3.06. The summed E-state index contributed by atoms with van der Waals surface area (Å²) in [5.74, 6) is 0. The van der Waals surface area contributed by atoms with Crippen LogP contribution in [0.15, 0.2) is 0 Å². The molecule has 0 aromatic rings. The standard InChI is InChI=1S/C17H37N/c1-8-9-10-11-12-13-14-18-15(16(2,3)4)17(5,6)7/h15,18H,8-14H2,1-7H3. The highest BCUT2D eigenvalue weighted by Crippen LogP contribution is 2.33. The predicted molar refractivity (Wildman–Crippen MR) is 84.1 cm³/mol. The fourth-order valence-corrected chi connectivity index (χ4v) is 3.06. The van der Waals surface area contributed by atoms with Crippen LogP contribution in [-0.2, 0) is 0 Å². The third-order valence-corrected chi connectivity index (χ3v) is 3.61. The lowest BCUT2D eigenvalue weighted by Crippen LogP contribution is -2.49. The zero-order valence-corrected chi connectivity index (χ0v) is 14.0. The average Bonchev–Trinajstić information content (AvgIpc) is 2.18. The Kier molecular flexibility index (Phi) is 8.18. The van der Waals surface area contributed by atoms with Gasteiger partial charge in [0.2, 0.25) is 0 Å². The quantitative estimate of drug-likeness (QED) is 0.573. The molecule has 1 N–H and O–H groups in total. The monoisotopic (exact) mass is 255 g/mol. The lowest BCUT2D eigenvalue weighted by atomic mass is 9.72. The van der Waals surface area contributed by atoms with E-state index in [0.29, 0.717) is 16.9 Å². The molecule has 110 valence electrons. The molecular weight excluding hydrogens is 218 g/mol. The Morgan fingerprint density at radius 3 is 1.61 bits per heavy atom. The van der Waals surface area contributed by atoms with Gasteiger partial charge in [-0.1, -0.05) is 80.6 Å². The van der Waals surface area contributed by atoms with Crippen molar-refractivity contribution in [2.45, 2.75) is 93.0 Å². The van der Waals surface area contributed by atoms with E-state index in [1.54, 1.807) is 0 Å². The molecule has 18 heavy (non-hydrogen) atoms. The summed E-state index contributed by atoms with van der Waals surface area (Å²) in [7, 11) is 0. The van der Waals surface area contributed by atoms with Crippen molar-refractivity contribution in [3.8, 4) is 0 Å². The first-order chi connectivity index (χ1) is 8.19. The molecule has 0 atom stereocenters. The molecule has 0 fully saturated rings. The first-order valence-corrected chi connectivity index (χ1v) is 7.93. The van der Waals surface area contributed by atoms with Gasteiger partial charge < -0.3 is 5.32 Å². The van der Waals surface area contributed by atoms with Gasteiger partial charge in [0.15, 0.2) is 0 Å². The minimum Gasteiger partial charge on any atom is -0.313 e. The third-order valence-electron chi connectivity index (χ3n) is 3.61. The Morgan fingerprint density at radius 2 is 1.17 bits per heavy atom. The smallest absolute Gasteiger partial charge is 0.0164 e. The highest BCUT2D eigenvalue weighted by atomic mass is 14.9. The van der Waals surface area contributed by atoms with Crippen molar-refractivity contribution in [1.29, 1.82) is 0 Å². The molecule has 0 aliphatic carbocycles. The van der Waals surface area contributed by atoms with Crippen LogP contribution in [0, 0.1) is 10.8 Å². The van der Waals surface area contributed by atoms with Gasteiger partial charge in [0.05, 0.1) is 0 Å². The van der Waals surface area contributed by atoms with Crippen molar-refractivity contribution in [1.82, 2.24) is 5.32 Å². The van der Waals surface area contributed by atoms with E-state index >= 15 is 0 Å². The van der Waals surface area contributed by atoms with E-state index in [1.807, 2.05) is 0 Å². The molecule has 0 bridgehead atoms. The van der Waals surface area contributed by atoms with E-state index in [9.17, 15) is 0 Å². The van der Waals surface area contributed by atoms with Crippen LogP contribution in [0.2, 0.25) is 0 Å². The summed E-state index contributed by atoms with van der Waals surface area (Å²) in [4.78, 5) is 0. The summed E-state index contributed by atoms with van der Waals surface area (Å²) in [5.41, 5.74) is 0.668. The van der Waals surface area contributed by atoms with Crippen LogP contribution in [0.1, 0.15) is 87.0 Å². The Hall–Kier alpha value is -0.0400. The molecule has 1 nitrogen and oxygen atoms in total. The second-order valence-electron chi connectivity index (χ2n) is 7.89. The number of hydrogen-bond acceptors (Lipinski definition) is 1. The number of unbranched alkanes of at least 4 members (excludes halogenated alkanes) is 5. The van der Waals surface area contributed by atoms with Gasteiger partial charge in [-0.3, -0.25) is 0 Å². The van der Waals surface area contributed by atoms with Gasteiger partial charge in [0.1, 0.15) is 0 Å². The highest BCUT2D eigenvalue weighted by Gasteiger charge is 2.33. The van der Waals surface area contributed by atoms with Gasteiger partial charge in [0, 0.05) is 6.04 Å². The summed E-state index contributed by atoms with van der Waals surface area (Å²) < 4.78 is 0. The largest absolute Gasteiger partial charge is 0.313 e. The zero-order chi connectivity index (χ0) is 14.2. The summed E-state index contributed by atoms with van der Waals surface area (Å²) in [5, 5.41) is 3.79. The molecule has 0 heterocycles. The Labute approximate surface area is 116 Å². The van der Waals surface area contributed by atoms with E-state index in [-0.39, 0.29) is 0 Å². The molecule has 0 saturated carbocycles. The molecular formula is C17H37N. The van der Waals surface area contributed by atoms with Gasteiger partial charge in [-0.15, -0.1) is 0 Å². The van der Waals surface area contributed by atoms with Crippen LogP contribution < -0.4 is 5.32 Å². The molecule has 0 aromatic carbocycles. The van der Waals surface area contributed by atoms with E-state index < -0.39 is 0 Å². The maximum absolute atomic E-state index is 3.79. The molecule has 0 rings (SSSR count). The SMILES string of the molecule is CCCCCCCCNC(C(C)(C)C)C(C)(C)C. The van der Waals surface area contributed by atoms with Crippen LogP contribution in [-0.4, -0.2) is 12.6 Å². The fraction of sp³-hybridized carbons (Fsp3) is 1.00. The van der Waals surface area contributed by atoms with Crippen molar-refractivity contribution < 1.29 is 0 Å².